The van der Waals surface area contributed by atoms with Crippen LogP contribution in [0.25, 0.3) is 10.9 Å². The summed E-state index contributed by atoms with van der Waals surface area (Å²) in [5, 5.41) is 7.79. The Morgan fingerprint density at radius 2 is 1.76 bits per heavy atom. The summed E-state index contributed by atoms with van der Waals surface area (Å²) in [7, 11) is 7.35. The molecule has 0 spiro atoms. The van der Waals surface area contributed by atoms with Crippen LogP contribution in [0.15, 0.2) is 30.3 Å². The second kappa shape index (κ2) is 11.0. The van der Waals surface area contributed by atoms with Crippen molar-refractivity contribution in [3.63, 3.8) is 0 Å². The Kier molecular flexibility index (Phi) is 7.56. The molecule has 9 nitrogen and oxygen atoms in total. The topological polar surface area (TPSA) is 115 Å². The summed E-state index contributed by atoms with van der Waals surface area (Å²) in [6.45, 7) is 0. The third-order valence-corrected chi connectivity index (χ3v) is 7.90. The van der Waals surface area contributed by atoms with Crippen LogP contribution in [0.3, 0.4) is 0 Å². The number of aromatic nitrogens is 2. The van der Waals surface area contributed by atoms with E-state index in [0.717, 1.165) is 72.8 Å². The average Bonchev–Trinajstić information content (AvgIpc) is 2.93. The number of benzene rings is 2. The van der Waals surface area contributed by atoms with E-state index in [1.54, 1.807) is 20.3 Å². The number of hydrogen-bond donors (Lipinski definition) is 3. The zero-order valence-electron chi connectivity index (χ0n) is 22.7. The maximum Gasteiger partial charge on any atom is 0.253 e. The Labute approximate surface area is 224 Å². The van der Waals surface area contributed by atoms with Gasteiger partial charge in [-0.1, -0.05) is 12.1 Å². The molecule has 1 heterocycles. The number of anilines is 3. The van der Waals surface area contributed by atoms with E-state index in [1.807, 2.05) is 43.3 Å². The number of nitrogen functional groups attached to an aromatic ring is 1. The molecule has 1 aromatic heterocycles. The van der Waals surface area contributed by atoms with Gasteiger partial charge in [-0.2, -0.15) is 4.98 Å². The van der Waals surface area contributed by atoms with Gasteiger partial charge in [0, 0.05) is 56.3 Å². The van der Waals surface area contributed by atoms with E-state index in [9.17, 15) is 4.79 Å². The molecule has 38 heavy (non-hydrogen) atoms. The molecule has 0 radical (unpaired) electrons. The lowest BCUT2D eigenvalue weighted by molar-refractivity contribution is 0.0902. The molecule has 2 aliphatic rings. The summed E-state index contributed by atoms with van der Waals surface area (Å²) in [4.78, 5) is 24.8. The Morgan fingerprint density at radius 3 is 2.47 bits per heavy atom. The Hall–Kier alpha value is -3.59. The number of para-hydroxylation sites is 1. The zero-order valence-corrected chi connectivity index (χ0v) is 22.7. The van der Waals surface area contributed by atoms with Crippen LogP contribution in [-0.4, -0.2) is 62.4 Å². The minimum atomic E-state index is -0.137. The van der Waals surface area contributed by atoms with E-state index >= 15 is 0 Å². The lowest BCUT2D eigenvalue weighted by Gasteiger charge is -2.31. The smallest absolute Gasteiger partial charge is 0.253 e. The number of nitrogens with one attached hydrogen (secondary N) is 2. The van der Waals surface area contributed by atoms with Gasteiger partial charge in [0.25, 0.3) is 5.91 Å². The highest BCUT2D eigenvalue weighted by Crippen LogP contribution is 2.37. The molecule has 1 unspecified atom stereocenters. The first-order valence-corrected chi connectivity index (χ1v) is 13.4. The number of rotatable bonds is 7. The van der Waals surface area contributed by atoms with Crippen molar-refractivity contribution in [2.45, 2.75) is 63.1 Å². The number of fused-ring (bicyclic) bond motifs is 2. The fourth-order valence-corrected chi connectivity index (χ4v) is 5.78. The maximum absolute atomic E-state index is 13.3. The highest BCUT2D eigenvalue weighted by Gasteiger charge is 2.29. The van der Waals surface area contributed by atoms with E-state index < -0.39 is 0 Å². The quantitative estimate of drug-likeness (QED) is 0.403. The fraction of sp³-hybridized carbons (Fsp3) is 0.483. The summed E-state index contributed by atoms with van der Waals surface area (Å²) in [6.07, 6.45) is 6.13. The van der Waals surface area contributed by atoms with Gasteiger partial charge in [0.05, 0.1) is 24.3 Å². The summed E-state index contributed by atoms with van der Waals surface area (Å²) in [6, 6.07) is 10.2. The summed E-state index contributed by atoms with van der Waals surface area (Å²) < 4.78 is 11.2. The molecule has 1 amide bonds. The monoisotopic (exact) mass is 518 g/mol. The van der Waals surface area contributed by atoms with Crippen LogP contribution in [0.5, 0.6) is 5.75 Å². The van der Waals surface area contributed by atoms with Crippen LogP contribution in [0, 0.1) is 0 Å². The van der Waals surface area contributed by atoms with Crippen molar-refractivity contribution in [3.05, 3.63) is 47.0 Å². The minimum Gasteiger partial charge on any atom is -0.496 e. The van der Waals surface area contributed by atoms with E-state index in [2.05, 4.69) is 10.6 Å². The van der Waals surface area contributed by atoms with Crippen molar-refractivity contribution in [1.82, 2.24) is 15.3 Å². The third kappa shape index (κ3) is 5.20. The van der Waals surface area contributed by atoms with Crippen LogP contribution >= 0.6 is 0 Å². The Morgan fingerprint density at radius 1 is 1.03 bits per heavy atom. The van der Waals surface area contributed by atoms with Crippen LogP contribution in [0.2, 0.25) is 0 Å². The highest BCUT2D eigenvalue weighted by atomic mass is 16.5. The van der Waals surface area contributed by atoms with E-state index in [1.165, 1.54) is 0 Å². The van der Waals surface area contributed by atoms with Crippen molar-refractivity contribution < 1.29 is 14.3 Å². The van der Waals surface area contributed by atoms with Gasteiger partial charge in [0.1, 0.15) is 11.6 Å². The molecule has 1 saturated carbocycles. The summed E-state index contributed by atoms with van der Waals surface area (Å²) in [5.41, 5.74) is 10.6. The number of methoxy groups -OCH3 is 2. The molecule has 3 aromatic rings. The SMILES string of the molecule is COc1cc(C(=O)N[C@H]2CC[C@@H](Nc3nc(N(C)C)c4ccccc4n3)CC2)c(N)c2c1CC(OC)CC2. The number of nitrogens with zero attached hydrogens (tertiary/aromatic N) is 3. The van der Waals surface area contributed by atoms with Gasteiger partial charge in [-0.3, -0.25) is 4.79 Å². The Bertz CT molecular complexity index is 1320. The van der Waals surface area contributed by atoms with E-state index in [-0.39, 0.29) is 24.1 Å². The molecule has 0 aliphatic heterocycles. The largest absolute Gasteiger partial charge is 0.496 e. The van der Waals surface area contributed by atoms with Crippen molar-refractivity contribution in [1.29, 1.82) is 0 Å². The average molecular weight is 519 g/mol. The standard InChI is InChI=1S/C29H38N6O3/c1-35(2)27-21-7-5-6-8-24(21)33-29(34-27)32-18-11-9-17(10-12-18)31-28(36)23-16-25(38-4)22-15-19(37-3)13-14-20(22)26(23)30/h5-8,16-19H,9-15,30H2,1-4H3,(H,31,36)(H,32,33,34)/t17-,18+,19?. The van der Waals surface area contributed by atoms with Crippen LogP contribution in [0.4, 0.5) is 17.5 Å². The molecular weight excluding hydrogens is 480 g/mol. The molecule has 0 bridgehead atoms. The highest BCUT2D eigenvalue weighted by molar-refractivity contribution is 6.01. The summed E-state index contributed by atoms with van der Waals surface area (Å²) >= 11 is 0. The van der Waals surface area contributed by atoms with Gasteiger partial charge in [-0.25, -0.2) is 4.98 Å². The van der Waals surface area contributed by atoms with E-state index in [0.29, 0.717) is 22.9 Å². The van der Waals surface area contributed by atoms with Gasteiger partial charge in [-0.15, -0.1) is 0 Å². The molecule has 1 fully saturated rings. The van der Waals surface area contributed by atoms with Gasteiger partial charge >= 0.3 is 0 Å². The zero-order chi connectivity index (χ0) is 26.8. The van der Waals surface area contributed by atoms with Gasteiger partial charge in [-0.05, 0) is 62.3 Å². The minimum absolute atomic E-state index is 0.0923. The van der Waals surface area contributed by atoms with Gasteiger partial charge in [0.2, 0.25) is 5.95 Å². The second-order valence-electron chi connectivity index (χ2n) is 10.5. The van der Waals surface area contributed by atoms with Crippen LogP contribution in [-0.2, 0) is 17.6 Å². The summed E-state index contributed by atoms with van der Waals surface area (Å²) in [5.74, 6) is 2.11. The predicted molar refractivity (Wildman–Crippen MR) is 151 cm³/mol. The second-order valence-corrected chi connectivity index (χ2v) is 10.5. The van der Waals surface area contributed by atoms with Gasteiger partial charge < -0.3 is 30.7 Å². The molecule has 202 valence electrons. The molecule has 2 aliphatic carbocycles. The first-order chi connectivity index (χ1) is 18.4. The number of ether oxygens (including phenoxy) is 2. The molecule has 5 rings (SSSR count). The lowest BCUT2D eigenvalue weighted by Crippen LogP contribution is -2.40. The first-order valence-electron chi connectivity index (χ1n) is 13.4. The maximum atomic E-state index is 13.3. The number of carbonyl (C=O) groups excluding carboxylic acids is 1. The van der Waals surface area contributed by atoms with E-state index in [4.69, 9.17) is 25.2 Å². The molecule has 2 aromatic carbocycles. The van der Waals surface area contributed by atoms with Crippen LogP contribution < -0.4 is 26.0 Å². The van der Waals surface area contributed by atoms with Gasteiger partial charge in [0.15, 0.2) is 0 Å². The number of nitrogens with two attached hydrogens (primary N) is 1. The molecule has 0 saturated heterocycles. The molecule has 4 N–H and O–H groups in total. The van der Waals surface area contributed by atoms with Crippen molar-refractivity contribution in [3.8, 4) is 5.75 Å². The van der Waals surface area contributed by atoms with Crippen molar-refractivity contribution in [2.24, 2.45) is 0 Å². The van der Waals surface area contributed by atoms with Crippen molar-refractivity contribution >= 4 is 34.3 Å². The predicted octanol–water partition coefficient (Wildman–Crippen LogP) is 3.94. The molecule has 1 atom stereocenters. The normalized spacial score (nSPS) is 21.0. The number of amides is 1. The van der Waals surface area contributed by atoms with Crippen LogP contribution in [0.1, 0.15) is 53.6 Å². The lowest BCUT2D eigenvalue weighted by atomic mass is 9.85. The first kappa shape index (κ1) is 26.0. The fourth-order valence-electron chi connectivity index (χ4n) is 5.78. The Balaban J connectivity index is 1.23. The third-order valence-electron chi connectivity index (χ3n) is 7.90. The molecular formula is C29H38N6O3. The number of carbonyl (C=O) groups is 1. The number of hydrogen-bond acceptors (Lipinski definition) is 8. The van der Waals surface area contributed by atoms with Crippen molar-refractivity contribution in [2.75, 3.05) is 44.3 Å². The molecule has 9 heteroatoms.